The van der Waals surface area contributed by atoms with E-state index in [0.29, 0.717) is 0 Å². The topological polar surface area (TPSA) is 74.4 Å². The van der Waals surface area contributed by atoms with E-state index in [1.165, 1.54) is 33.0 Å². The van der Waals surface area contributed by atoms with Crippen molar-refractivity contribution in [2.45, 2.75) is 77.5 Å². The van der Waals surface area contributed by atoms with Crippen molar-refractivity contribution in [3.8, 4) is 0 Å². The van der Waals surface area contributed by atoms with Gasteiger partial charge in [0.15, 0.2) is 0 Å². The average molecular weight is 731 g/mol. The first-order chi connectivity index (χ1) is 26.8. The van der Waals surface area contributed by atoms with Crippen LogP contribution in [-0.4, -0.2) is 25.2 Å². The van der Waals surface area contributed by atoms with Crippen LogP contribution in [0.1, 0.15) is 81.0 Å². The molecule has 6 aromatic carbocycles. The number of hydrogen-bond acceptors (Lipinski definition) is 6. The van der Waals surface area contributed by atoms with Gasteiger partial charge in [0.25, 0.3) is 0 Å². The highest BCUT2D eigenvalue weighted by molar-refractivity contribution is 5.97. The van der Waals surface area contributed by atoms with Crippen molar-refractivity contribution in [3.63, 3.8) is 0 Å². The Bertz CT molecular complexity index is 2080. The Morgan fingerprint density at radius 2 is 1.25 bits per heavy atom. The summed E-state index contributed by atoms with van der Waals surface area (Å²) in [6.07, 6.45) is 4.58. The van der Waals surface area contributed by atoms with E-state index in [1.807, 2.05) is 64.2 Å². The fourth-order valence-corrected chi connectivity index (χ4v) is 7.60. The lowest BCUT2D eigenvalue weighted by Gasteiger charge is -2.35. The largest absolute Gasteiger partial charge is 0.460 e. The fraction of sp³-hybridized carbons (Fsp3) is 0.286. The van der Waals surface area contributed by atoms with Crippen LogP contribution in [0.25, 0.3) is 10.8 Å². The zero-order chi connectivity index (χ0) is 38.2. The number of para-hydroxylation sites is 2. The molecule has 4 N–H and O–H groups in total. The van der Waals surface area contributed by atoms with Crippen molar-refractivity contribution in [1.29, 1.82) is 0 Å². The minimum absolute atomic E-state index is 0.0251. The number of esters is 1. The van der Waals surface area contributed by atoms with Gasteiger partial charge in [-0.25, -0.2) is 0 Å². The van der Waals surface area contributed by atoms with Gasteiger partial charge in [-0.15, -0.1) is 0 Å². The Labute approximate surface area is 326 Å². The highest BCUT2D eigenvalue weighted by Crippen LogP contribution is 2.41. The summed E-state index contributed by atoms with van der Waals surface area (Å²) in [5.74, 6) is -0.133. The predicted molar refractivity (Wildman–Crippen MR) is 230 cm³/mol. The zero-order valence-electron chi connectivity index (χ0n) is 32.6. The van der Waals surface area contributed by atoms with Crippen molar-refractivity contribution in [2.75, 3.05) is 23.0 Å². The van der Waals surface area contributed by atoms with Gasteiger partial charge >= 0.3 is 5.97 Å². The first-order valence-electron chi connectivity index (χ1n) is 19.8. The summed E-state index contributed by atoms with van der Waals surface area (Å²) in [7, 11) is 1.99. The standard InChI is InChI=1S/C49H54N4O2/c1-5-49(2,3)48(54)55-46-19-13-12-18-45(46)53-44-31-30-42(41-29-20-34(33-50-4)32-43(41)44)47(35-21-25-39(26-22-35)51-37-14-8-6-9-15-37)36-23-27-40(28-24-36)52-38-16-10-7-11-17-38/h6-11,14-17,20-32,45-47,50-53H,5,12-13,18-19,33H2,1-4H3. The Balaban J connectivity index is 1.28. The maximum Gasteiger partial charge on any atom is 0.311 e. The lowest BCUT2D eigenvalue weighted by molar-refractivity contribution is -0.161. The molecule has 0 aromatic heterocycles. The molecule has 1 aliphatic carbocycles. The van der Waals surface area contributed by atoms with Gasteiger partial charge in [0.05, 0.1) is 11.5 Å². The first-order valence-corrected chi connectivity index (χ1v) is 19.8. The van der Waals surface area contributed by atoms with Gasteiger partial charge in [-0.05, 0) is 135 Å². The normalized spacial score (nSPS) is 15.8. The summed E-state index contributed by atoms with van der Waals surface area (Å²) in [6, 6.07) is 49.7. The Hall–Kier alpha value is -5.59. The monoisotopic (exact) mass is 730 g/mol. The molecule has 0 aliphatic heterocycles. The van der Waals surface area contributed by atoms with Crippen LogP contribution in [0.15, 0.2) is 140 Å². The highest BCUT2D eigenvalue weighted by Gasteiger charge is 2.34. The van der Waals surface area contributed by atoms with Gasteiger partial charge in [-0.2, -0.15) is 0 Å². The Kier molecular flexibility index (Phi) is 11.8. The minimum atomic E-state index is -0.501. The van der Waals surface area contributed by atoms with Crippen LogP contribution in [0.2, 0.25) is 0 Å². The summed E-state index contributed by atoms with van der Waals surface area (Å²) in [5.41, 5.74) is 9.65. The van der Waals surface area contributed by atoms with E-state index in [9.17, 15) is 4.79 Å². The van der Waals surface area contributed by atoms with Gasteiger partial charge in [-0.3, -0.25) is 4.79 Å². The zero-order valence-corrected chi connectivity index (χ0v) is 32.6. The van der Waals surface area contributed by atoms with Crippen molar-refractivity contribution in [1.82, 2.24) is 5.32 Å². The van der Waals surface area contributed by atoms with Crippen LogP contribution < -0.4 is 21.3 Å². The molecule has 7 rings (SSSR count). The summed E-state index contributed by atoms with van der Waals surface area (Å²) in [5, 5.41) is 16.7. The van der Waals surface area contributed by atoms with E-state index >= 15 is 0 Å². The lowest BCUT2D eigenvalue weighted by Crippen LogP contribution is -2.42. The van der Waals surface area contributed by atoms with Crippen LogP contribution >= 0.6 is 0 Å². The maximum atomic E-state index is 13.2. The van der Waals surface area contributed by atoms with Crippen molar-refractivity contribution >= 4 is 45.2 Å². The molecule has 1 aliphatic rings. The molecule has 0 bridgehead atoms. The van der Waals surface area contributed by atoms with Gasteiger partial charge in [-0.1, -0.05) is 92.2 Å². The van der Waals surface area contributed by atoms with Crippen LogP contribution in [-0.2, 0) is 16.1 Å². The van der Waals surface area contributed by atoms with Crippen LogP contribution in [0.5, 0.6) is 0 Å². The average Bonchev–Trinajstić information content (AvgIpc) is 3.21. The third-order valence-corrected chi connectivity index (χ3v) is 11.2. The molecule has 0 amide bonds. The highest BCUT2D eigenvalue weighted by atomic mass is 16.5. The summed E-state index contributed by atoms with van der Waals surface area (Å²) >= 11 is 0. The molecule has 1 saturated carbocycles. The Morgan fingerprint density at radius 3 is 1.82 bits per heavy atom. The number of ether oxygens (including phenoxy) is 1. The molecule has 0 heterocycles. The van der Waals surface area contributed by atoms with E-state index in [1.54, 1.807) is 0 Å². The maximum absolute atomic E-state index is 13.2. The van der Waals surface area contributed by atoms with Crippen molar-refractivity contribution in [2.24, 2.45) is 5.41 Å². The SMILES string of the molecule is CCC(C)(C)C(=O)OC1CCCCC1Nc1ccc(C(c2ccc(Nc3ccccc3)cc2)c2ccc(Nc3ccccc3)cc2)c2ccc(CNC)cc12. The third kappa shape index (κ3) is 9.04. The second-order valence-electron chi connectivity index (χ2n) is 15.5. The molecular formula is C49H54N4O2. The van der Waals surface area contributed by atoms with Gasteiger partial charge in [0.2, 0.25) is 0 Å². The molecule has 1 fully saturated rings. The van der Waals surface area contributed by atoms with Crippen LogP contribution in [0.3, 0.4) is 0 Å². The molecule has 0 saturated heterocycles. The fourth-order valence-electron chi connectivity index (χ4n) is 7.60. The third-order valence-electron chi connectivity index (χ3n) is 11.2. The molecule has 2 unspecified atom stereocenters. The number of benzene rings is 6. The van der Waals surface area contributed by atoms with Crippen LogP contribution in [0, 0.1) is 5.41 Å². The molecule has 0 radical (unpaired) electrons. The second kappa shape index (κ2) is 17.3. The smallest absolute Gasteiger partial charge is 0.311 e. The summed E-state index contributed by atoms with van der Waals surface area (Å²) in [6.45, 7) is 6.78. The molecule has 6 nitrogen and oxygen atoms in total. The lowest BCUT2D eigenvalue weighted by atomic mass is 9.82. The molecule has 0 spiro atoms. The minimum Gasteiger partial charge on any atom is -0.460 e. The number of hydrogen-bond donors (Lipinski definition) is 4. The number of anilines is 5. The summed E-state index contributed by atoms with van der Waals surface area (Å²) < 4.78 is 6.26. The van der Waals surface area contributed by atoms with E-state index < -0.39 is 5.41 Å². The molecule has 6 aromatic rings. The molecular weight excluding hydrogens is 677 g/mol. The summed E-state index contributed by atoms with van der Waals surface area (Å²) in [4.78, 5) is 13.2. The van der Waals surface area contributed by atoms with E-state index in [-0.39, 0.29) is 24.0 Å². The first kappa shape index (κ1) is 37.7. The van der Waals surface area contributed by atoms with E-state index in [4.69, 9.17) is 4.74 Å². The second-order valence-corrected chi connectivity index (χ2v) is 15.5. The quantitative estimate of drug-likeness (QED) is 0.0660. The molecule has 282 valence electrons. The Morgan fingerprint density at radius 1 is 0.691 bits per heavy atom. The number of rotatable bonds is 14. The van der Waals surface area contributed by atoms with Crippen molar-refractivity contribution < 1.29 is 9.53 Å². The van der Waals surface area contributed by atoms with E-state index in [0.717, 1.165) is 67.1 Å². The molecule has 6 heteroatoms. The number of fused-ring (bicyclic) bond motifs is 1. The predicted octanol–water partition coefficient (Wildman–Crippen LogP) is 11.9. The number of carbonyl (C=O) groups is 1. The van der Waals surface area contributed by atoms with Gasteiger partial charge < -0.3 is 26.0 Å². The van der Waals surface area contributed by atoms with Gasteiger partial charge in [0.1, 0.15) is 6.10 Å². The number of nitrogens with one attached hydrogen (secondary N) is 4. The molecule has 55 heavy (non-hydrogen) atoms. The van der Waals surface area contributed by atoms with Gasteiger partial charge in [0, 0.05) is 46.3 Å². The number of carbonyl (C=O) groups excluding carboxylic acids is 1. The molecule has 2 atom stereocenters. The van der Waals surface area contributed by atoms with E-state index in [2.05, 4.69) is 124 Å². The van der Waals surface area contributed by atoms with Crippen molar-refractivity contribution in [3.05, 3.63) is 162 Å². The van der Waals surface area contributed by atoms with Crippen LogP contribution in [0.4, 0.5) is 28.4 Å².